The summed E-state index contributed by atoms with van der Waals surface area (Å²) in [5, 5.41) is 0. The molecule has 5 nitrogen and oxygen atoms in total. The van der Waals surface area contributed by atoms with Gasteiger partial charge in [0.15, 0.2) is 0 Å². The lowest BCUT2D eigenvalue weighted by Crippen LogP contribution is -2.25. The summed E-state index contributed by atoms with van der Waals surface area (Å²) in [6, 6.07) is 13.3. The van der Waals surface area contributed by atoms with Crippen molar-refractivity contribution in [3.63, 3.8) is 0 Å². The highest BCUT2D eigenvalue weighted by Crippen LogP contribution is 2.32. The first-order valence-corrected chi connectivity index (χ1v) is 8.34. The second-order valence-electron chi connectivity index (χ2n) is 6.07. The van der Waals surface area contributed by atoms with Crippen molar-refractivity contribution in [1.29, 1.82) is 0 Å². The van der Waals surface area contributed by atoms with E-state index in [0.29, 0.717) is 29.9 Å². The van der Waals surface area contributed by atoms with E-state index in [2.05, 4.69) is 14.7 Å². The van der Waals surface area contributed by atoms with Crippen LogP contribution >= 0.6 is 0 Å². The standard InChI is InChI=1S/C20H15F2N3O2/c21-20(22)27-18-7-6-13(10-15(18)16-5-1-2-8-23-16)19(26)25-11-14-4-3-9-24-17(14)12-25/h1-10,20H,11-12H2. The van der Waals surface area contributed by atoms with Gasteiger partial charge in [-0.3, -0.25) is 14.8 Å². The molecule has 0 N–H and O–H groups in total. The highest BCUT2D eigenvalue weighted by molar-refractivity contribution is 5.96. The van der Waals surface area contributed by atoms with Crippen molar-refractivity contribution in [2.45, 2.75) is 19.7 Å². The summed E-state index contributed by atoms with van der Waals surface area (Å²) in [4.78, 5) is 23.1. The first kappa shape index (κ1) is 17.1. The maximum Gasteiger partial charge on any atom is 0.387 e. The van der Waals surface area contributed by atoms with Gasteiger partial charge in [0.1, 0.15) is 5.75 Å². The number of alkyl halides is 2. The Morgan fingerprint density at radius 2 is 1.89 bits per heavy atom. The van der Waals surface area contributed by atoms with Crippen LogP contribution in [0.1, 0.15) is 21.6 Å². The Labute approximate surface area is 154 Å². The second-order valence-corrected chi connectivity index (χ2v) is 6.07. The van der Waals surface area contributed by atoms with Gasteiger partial charge in [-0.15, -0.1) is 0 Å². The van der Waals surface area contributed by atoms with Crippen LogP contribution in [0, 0.1) is 0 Å². The molecule has 0 radical (unpaired) electrons. The Morgan fingerprint density at radius 3 is 2.63 bits per heavy atom. The minimum atomic E-state index is -2.96. The fourth-order valence-electron chi connectivity index (χ4n) is 3.11. The molecule has 0 unspecified atom stereocenters. The Balaban J connectivity index is 1.67. The second kappa shape index (κ2) is 7.11. The van der Waals surface area contributed by atoms with Gasteiger partial charge in [0.05, 0.1) is 17.9 Å². The molecule has 1 aliphatic heterocycles. The van der Waals surface area contributed by atoms with E-state index in [9.17, 15) is 13.6 Å². The average Bonchev–Trinajstić information content (AvgIpc) is 3.12. The maximum absolute atomic E-state index is 12.9. The summed E-state index contributed by atoms with van der Waals surface area (Å²) in [5.74, 6) is -0.222. The van der Waals surface area contributed by atoms with Crippen LogP contribution in [-0.2, 0) is 13.1 Å². The lowest BCUT2D eigenvalue weighted by Gasteiger charge is -2.17. The minimum Gasteiger partial charge on any atom is -0.434 e. The van der Waals surface area contributed by atoms with Gasteiger partial charge in [0.25, 0.3) is 5.91 Å². The number of pyridine rings is 2. The number of amides is 1. The van der Waals surface area contributed by atoms with Gasteiger partial charge in [-0.2, -0.15) is 8.78 Å². The van der Waals surface area contributed by atoms with Crippen LogP contribution in [0.4, 0.5) is 8.78 Å². The fourth-order valence-corrected chi connectivity index (χ4v) is 3.11. The lowest BCUT2D eigenvalue weighted by atomic mass is 10.1. The van der Waals surface area contributed by atoms with E-state index in [-0.39, 0.29) is 11.7 Å². The first-order valence-electron chi connectivity index (χ1n) is 8.34. The number of hydrogen-bond donors (Lipinski definition) is 0. The summed E-state index contributed by atoms with van der Waals surface area (Å²) >= 11 is 0. The molecule has 7 heteroatoms. The van der Waals surface area contributed by atoms with Crippen LogP contribution in [0.3, 0.4) is 0 Å². The molecule has 0 atom stereocenters. The predicted molar refractivity (Wildman–Crippen MR) is 94.1 cm³/mol. The molecule has 27 heavy (non-hydrogen) atoms. The maximum atomic E-state index is 12.9. The number of rotatable bonds is 4. The number of carbonyl (C=O) groups is 1. The first-order chi connectivity index (χ1) is 13.1. The number of benzene rings is 1. The van der Waals surface area contributed by atoms with E-state index in [1.54, 1.807) is 41.6 Å². The Kier molecular flexibility index (Phi) is 4.50. The molecule has 3 heterocycles. The lowest BCUT2D eigenvalue weighted by molar-refractivity contribution is -0.0494. The van der Waals surface area contributed by atoms with E-state index in [1.165, 1.54) is 12.1 Å². The quantitative estimate of drug-likeness (QED) is 0.702. The SMILES string of the molecule is O=C(c1ccc(OC(F)F)c(-c2ccccn2)c1)N1Cc2cccnc2C1. The van der Waals surface area contributed by atoms with E-state index >= 15 is 0 Å². The third-order valence-electron chi connectivity index (χ3n) is 4.36. The van der Waals surface area contributed by atoms with Gasteiger partial charge in [-0.25, -0.2) is 0 Å². The van der Waals surface area contributed by atoms with Gasteiger partial charge in [0, 0.05) is 30.1 Å². The van der Waals surface area contributed by atoms with Crippen molar-refractivity contribution in [3.05, 3.63) is 77.7 Å². The van der Waals surface area contributed by atoms with Crippen molar-refractivity contribution >= 4 is 5.91 Å². The van der Waals surface area contributed by atoms with Crippen LogP contribution in [0.2, 0.25) is 0 Å². The van der Waals surface area contributed by atoms with Crippen LogP contribution in [0.15, 0.2) is 60.9 Å². The zero-order chi connectivity index (χ0) is 18.8. The molecule has 0 fully saturated rings. The topological polar surface area (TPSA) is 55.3 Å². The average molecular weight is 367 g/mol. The number of carbonyl (C=O) groups excluding carboxylic acids is 1. The van der Waals surface area contributed by atoms with Crippen molar-refractivity contribution in [2.75, 3.05) is 0 Å². The number of aromatic nitrogens is 2. The molecule has 0 bridgehead atoms. The zero-order valence-corrected chi connectivity index (χ0v) is 14.2. The number of ether oxygens (including phenoxy) is 1. The largest absolute Gasteiger partial charge is 0.434 e. The Morgan fingerprint density at radius 1 is 1.04 bits per heavy atom. The van der Waals surface area contributed by atoms with Crippen molar-refractivity contribution < 1.29 is 18.3 Å². The van der Waals surface area contributed by atoms with Crippen LogP contribution < -0.4 is 4.74 Å². The summed E-state index contributed by atoms with van der Waals surface area (Å²) < 4.78 is 30.1. The minimum absolute atomic E-state index is 0.0216. The number of nitrogens with zero attached hydrogens (tertiary/aromatic N) is 3. The molecule has 0 aliphatic carbocycles. The molecule has 1 aromatic carbocycles. The molecule has 3 aromatic rings. The Bertz CT molecular complexity index is 955. The smallest absolute Gasteiger partial charge is 0.387 e. The summed E-state index contributed by atoms with van der Waals surface area (Å²) in [5.41, 5.74) is 3.05. The normalized spacial score (nSPS) is 12.9. The summed E-state index contributed by atoms with van der Waals surface area (Å²) in [6.45, 7) is -2.08. The molecular formula is C20H15F2N3O2. The third-order valence-corrected chi connectivity index (χ3v) is 4.36. The fraction of sp³-hybridized carbons (Fsp3) is 0.150. The molecule has 0 spiro atoms. The zero-order valence-electron chi connectivity index (χ0n) is 14.2. The van der Waals surface area contributed by atoms with E-state index in [0.717, 1.165) is 11.3 Å². The van der Waals surface area contributed by atoms with Gasteiger partial charge in [-0.1, -0.05) is 12.1 Å². The van der Waals surface area contributed by atoms with Crippen LogP contribution in [0.25, 0.3) is 11.3 Å². The molecule has 1 aliphatic rings. The van der Waals surface area contributed by atoms with Crippen molar-refractivity contribution in [2.24, 2.45) is 0 Å². The monoisotopic (exact) mass is 367 g/mol. The van der Waals surface area contributed by atoms with E-state index < -0.39 is 6.61 Å². The van der Waals surface area contributed by atoms with Crippen molar-refractivity contribution in [1.82, 2.24) is 14.9 Å². The highest BCUT2D eigenvalue weighted by Gasteiger charge is 2.26. The number of fused-ring (bicyclic) bond motifs is 1. The van der Waals surface area contributed by atoms with Crippen molar-refractivity contribution in [3.8, 4) is 17.0 Å². The summed E-state index contributed by atoms with van der Waals surface area (Å²) in [7, 11) is 0. The molecular weight excluding hydrogens is 352 g/mol. The van der Waals surface area contributed by atoms with Gasteiger partial charge in [0.2, 0.25) is 0 Å². The van der Waals surface area contributed by atoms with Gasteiger partial charge in [-0.05, 0) is 42.0 Å². The molecule has 0 saturated carbocycles. The highest BCUT2D eigenvalue weighted by atomic mass is 19.3. The number of hydrogen-bond acceptors (Lipinski definition) is 4. The predicted octanol–water partition coefficient (Wildman–Crippen LogP) is 3.90. The molecule has 2 aromatic heterocycles. The molecule has 136 valence electrons. The van der Waals surface area contributed by atoms with E-state index in [4.69, 9.17) is 0 Å². The molecule has 0 saturated heterocycles. The number of halogens is 2. The summed E-state index contributed by atoms with van der Waals surface area (Å²) in [6.07, 6.45) is 3.25. The third kappa shape index (κ3) is 3.48. The van der Waals surface area contributed by atoms with Crippen LogP contribution in [-0.4, -0.2) is 27.4 Å². The molecule has 4 rings (SSSR count). The van der Waals surface area contributed by atoms with Gasteiger partial charge >= 0.3 is 6.61 Å². The molecule has 1 amide bonds. The van der Waals surface area contributed by atoms with Crippen LogP contribution in [0.5, 0.6) is 5.75 Å². The van der Waals surface area contributed by atoms with E-state index in [1.807, 2.05) is 12.1 Å². The van der Waals surface area contributed by atoms with Gasteiger partial charge < -0.3 is 9.64 Å². The Hall–Kier alpha value is -3.35.